The molecule has 0 heterocycles. The average Bonchev–Trinajstić information content (AvgIpc) is 2.41. The highest BCUT2D eigenvalue weighted by molar-refractivity contribution is 9.10. The van der Waals surface area contributed by atoms with E-state index in [0.29, 0.717) is 4.47 Å². The van der Waals surface area contributed by atoms with E-state index in [2.05, 4.69) is 36.4 Å². The molecular weight excluding hydrogens is 327 g/mol. The van der Waals surface area contributed by atoms with E-state index in [9.17, 15) is 9.18 Å². The van der Waals surface area contributed by atoms with Gasteiger partial charge in [-0.1, -0.05) is 15.9 Å². The topological polar surface area (TPSA) is 67.9 Å². The molecule has 1 unspecified atom stereocenters. The fourth-order valence-electron chi connectivity index (χ4n) is 1.64. The molecule has 1 N–H and O–H groups in total. The molecule has 0 aliphatic heterocycles. The number of amides is 1. The molecule has 5 nitrogen and oxygen atoms in total. The Morgan fingerprint density at radius 2 is 2.35 bits per heavy atom. The van der Waals surface area contributed by atoms with E-state index in [-0.39, 0.29) is 12.1 Å². The van der Waals surface area contributed by atoms with Gasteiger partial charge in [0.2, 0.25) is 4.91 Å². The van der Waals surface area contributed by atoms with Crippen LogP contribution in [0.3, 0.4) is 0 Å². The lowest BCUT2D eigenvalue weighted by Gasteiger charge is -2.27. The first-order valence-corrected chi connectivity index (χ1v) is 6.42. The smallest absolute Gasteiger partial charge is 0.296 e. The van der Waals surface area contributed by atoms with E-state index in [1.807, 2.05) is 5.92 Å². The van der Waals surface area contributed by atoms with Gasteiger partial charge in [0.05, 0.1) is 5.54 Å². The van der Waals surface area contributed by atoms with Crippen molar-refractivity contribution in [2.75, 3.05) is 13.6 Å². The van der Waals surface area contributed by atoms with Gasteiger partial charge in [-0.2, -0.15) is 0 Å². The third-order valence-electron chi connectivity index (χ3n) is 2.58. The third kappa shape index (κ3) is 3.98. The second-order valence-electron chi connectivity index (χ2n) is 4.14. The summed E-state index contributed by atoms with van der Waals surface area (Å²) >= 11 is 3.26. The average molecular weight is 340 g/mol. The van der Waals surface area contributed by atoms with Gasteiger partial charge in [-0.05, 0) is 31.0 Å². The highest BCUT2D eigenvalue weighted by atomic mass is 79.9. The second-order valence-corrected chi connectivity index (χ2v) is 5.06. The summed E-state index contributed by atoms with van der Waals surface area (Å²) in [6, 6.07) is 4.41. The van der Waals surface area contributed by atoms with Crippen LogP contribution in [0.25, 0.3) is 0 Å². The summed E-state index contributed by atoms with van der Waals surface area (Å²) in [4.78, 5) is 14.9. The van der Waals surface area contributed by atoms with Crippen LogP contribution in [-0.2, 0) is 10.3 Å². The lowest BCUT2D eigenvalue weighted by atomic mass is 9.91. The number of carbonyl (C=O) groups is 1. The highest BCUT2D eigenvalue weighted by Gasteiger charge is 2.33. The Hall–Kier alpha value is -2.03. The first-order valence-electron chi connectivity index (χ1n) is 5.63. The molecule has 1 aromatic carbocycles. The number of benzene rings is 1. The Kier molecular flexibility index (Phi) is 5.56. The van der Waals surface area contributed by atoms with Crippen LogP contribution in [-0.4, -0.2) is 19.5 Å². The zero-order valence-electron chi connectivity index (χ0n) is 11.0. The van der Waals surface area contributed by atoms with Crippen LogP contribution in [0, 0.1) is 18.2 Å². The number of hydrogen-bond acceptors (Lipinski definition) is 3. The Bertz CT molecular complexity index is 619. The fourth-order valence-corrected chi connectivity index (χ4v) is 2.00. The number of rotatable bonds is 4. The van der Waals surface area contributed by atoms with Crippen molar-refractivity contribution in [1.82, 2.24) is 10.2 Å². The number of nitrogens with one attached hydrogen (secondary N) is 1. The van der Waals surface area contributed by atoms with Crippen molar-refractivity contribution in [2.45, 2.75) is 12.5 Å². The third-order valence-corrected chi connectivity index (χ3v) is 3.08. The van der Waals surface area contributed by atoms with Crippen LogP contribution in [0.1, 0.15) is 12.5 Å². The summed E-state index contributed by atoms with van der Waals surface area (Å²) in [5.41, 5.74) is -0.864. The maximum Gasteiger partial charge on any atom is 0.296 e. The van der Waals surface area contributed by atoms with Gasteiger partial charge >= 0.3 is 0 Å². The SMILES string of the molecule is C#CC(=O)NC(C)(CN=[N+]=NC)c1cc(Br)ccc1F. The predicted octanol–water partition coefficient (Wildman–Crippen LogP) is 2.15. The van der Waals surface area contributed by atoms with Crippen molar-refractivity contribution < 1.29 is 9.18 Å². The molecule has 1 amide bonds. The molecule has 104 valence electrons. The normalized spacial score (nSPS) is 12.6. The van der Waals surface area contributed by atoms with Gasteiger partial charge in [-0.25, -0.2) is 4.39 Å². The largest absolute Gasteiger partial charge is 0.334 e. The standard InChI is InChI=1S/C13H12BrFN4O/c1-4-12(20)18-13(2,8-17-19-16-3)10-7-9(14)5-6-11(10)15/h1,5-7H,8H2,2-3H3/p+1. The first kappa shape index (κ1) is 16.0. The zero-order valence-corrected chi connectivity index (χ0v) is 12.6. The molecule has 0 aromatic heterocycles. The van der Waals surface area contributed by atoms with Crippen LogP contribution in [0.5, 0.6) is 0 Å². The summed E-state index contributed by atoms with van der Waals surface area (Å²) in [6.45, 7) is 1.62. The minimum absolute atomic E-state index is 0.00509. The zero-order chi connectivity index (χ0) is 15.2. The van der Waals surface area contributed by atoms with Gasteiger partial charge in [0.25, 0.3) is 5.91 Å². The Morgan fingerprint density at radius 1 is 1.65 bits per heavy atom. The number of terminal acetylenes is 1. The summed E-state index contributed by atoms with van der Waals surface area (Å²) in [5.74, 6) is 0.803. The van der Waals surface area contributed by atoms with Crippen LogP contribution < -0.4 is 10.2 Å². The maximum atomic E-state index is 14.0. The molecule has 1 aromatic rings. The highest BCUT2D eigenvalue weighted by Crippen LogP contribution is 2.27. The summed E-state index contributed by atoms with van der Waals surface area (Å²) in [6.07, 6.45) is 5.04. The molecule has 0 radical (unpaired) electrons. The van der Waals surface area contributed by atoms with Crippen molar-refractivity contribution in [2.24, 2.45) is 10.2 Å². The second kappa shape index (κ2) is 6.94. The lowest BCUT2D eigenvalue weighted by Crippen LogP contribution is -2.46. The van der Waals surface area contributed by atoms with Crippen LogP contribution in [0.4, 0.5) is 4.39 Å². The first-order chi connectivity index (χ1) is 9.42. The predicted molar refractivity (Wildman–Crippen MR) is 76.2 cm³/mol. The number of nitrogens with zero attached hydrogens (tertiary/aromatic N) is 3. The fraction of sp³-hybridized carbons (Fsp3) is 0.308. The molecule has 0 aliphatic carbocycles. The molecule has 0 bridgehead atoms. The molecule has 0 saturated carbocycles. The maximum absolute atomic E-state index is 14.0. The van der Waals surface area contributed by atoms with Gasteiger partial charge in [-0.15, -0.1) is 6.42 Å². The number of carbonyl (C=O) groups excluding carboxylic acids is 1. The van der Waals surface area contributed by atoms with E-state index in [1.165, 1.54) is 13.1 Å². The monoisotopic (exact) mass is 339 g/mol. The number of hydrogen-bond donors (Lipinski definition) is 1. The van der Waals surface area contributed by atoms with Gasteiger partial charge < -0.3 is 5.32 Å². The molecule has 0 saturated heterocycles. The lowest BCUT2D eigenvalue weighted by molar-refractivity contribution is -0.117. The van der Waals surface area contributed by atoms with Gasteiger partial charge in [-0.3, -0.25) is 4.79 Å². The minimum atomic E-state index is -1.12. The minimum Gasteiger partial charge on any atom is -0.334 e. The van der Waals surface area contributed by atoms with E-state index in [1.54, 1.807) is 19.1 Å². The molecule has 1 rings (SSSR count). The Balaban J connectivity index is 3.28. The van der Waals surface area contributed by atoms with Crippen molar-refractivity contribution in [3.63, 3.8) is 0 Å². The van der Waals surface area contributed by atoms with E-state index in [0.717, 1.165) is 0 Å². The van der Waals surface area contributed by atoms with Gasteiger partial charge in [0.15, 0.2) is 0 Å². The van der Waals surface area contributed by atoms with Gasteiger partial charge in [0, 0.05) is 10.0 Å². The summed E-state index contributed by atoms with van der Waals surface area (Å²) in [5, 5.41) is 9.82. The van der Waals surface area contributed by atoms with Crippen LogP contribution >= 0.6 is 15.9 Å². The quantitative estimate of drug-likeness (QED) is 0.509. The molecule has 7 heteroatoms. The van der Waals surface area contributed by atoms with Crippen molar-refractivity contribution in [1.29, 1.82) is 0 Å². The van der Waals surface area contributed by atoms with Crippen molar-refractivity contribution in [3.05, 3.63) is 34.1 Å². The molecule has 0 fully saturated rings. The van der Waals surface area contributed by atoms with Gasteiger partial charge in [0.1, 0.15) is 29.6 Å². The molecule has 20 heavy (non-hydrogen) atoms. The van der Waals surface area contributed by atoms with Crippen LogP contribution in [0.15, 0.2) is 32.9 Å². The van der Waals surface area contributed by atoms with E-state index < -0.39 is 17.3 Å². The molecule has 1 atom stereocenters. The van der Waals surface area contributed by atoms with E-state index >= 15 is 0 Å². The Morgan fingerprint density at radius 3 is 2.95 bits per heavy atom. The molecular formula is C13H13BrFN4O+. The van der Waals surface area contributed by atoms with Crippen LogP contribution in [0.2, 0.25) is 0 Å². The Labute approximate surface area is 124 Å². The van der Waals surface area contributed by atoms with Crippen molar-refractivity contribution >= 4 is 21.8 Å². The summed E-state index contributed by atoms with van der Waals surface area (Å²) in [7, 11) is 1.46. The molecule has 0 aliphatic rings. The van der Waals surface area contributed by atoms with E-state index in [4.69, 9.17) is 6.42 Å². The summed E-state index contributed by atoms with van der Waals surface area (Å²) < 4.78 is 14.7. The molecule has 0 spiro atoms. The van der Waals surface area contributed by atoms with Crippen molar-refractivity contribution in [3.8, 4) is 12.3 Å². The number of halogens is 2.